The van der Waals surface area contributed by atoms with Gasteiger partial charge in [-0.1, -0.05) is 24.3 Å². The number of sulfonamides is 2. The first kappa shape index (κ1) is 56.1. The van der Waals surface area contributed by atoms with Crippen LogP contribution in [0.4, 0.5) is 11.9 Å². The van der Waals surface area contributed by atoms with Gasteiger partial charge in [0.25, 0.3) is 10.0 Å². The Morgan fingerprint density at radius 2 is 1.15 bits per heavy atom. The van der Waals surface area contributed by atoms with E-state index in [4.69, 9.17) is 14.6 Å². The van der Waals surface area contributed by atoms with Gasteiger partial charge >= 0.3 is 62.5 Å². The third-order valence-electron chi connectivity index (χ3n) is 4.77. The molecule has 0 aliphatic carbocycles. The molecule has 2 aromatic heterocycles. The number of amides is 1. The van der Waals surface area contributed by atoms with Crippen LogP contribution in [-0.2, 0) is 24.8 Å². The van der Waals surface area contributed by atoms with E-state index in [1.807, 2.05) is 45.2 Å². The van der Waals surface area contributed by atoms with Crippen molar-refractivity contribution in [1.82, 2.24) is 29.9 Å². The Morgan fingerprint density at radius 3 is 1.49 bits per heavy atom. The molecule has 0 fully saturated rings. The summed E-state index contributed by atoms with van der Waals surface area (Å²) in [5.74, 6) is 0.619. The van der Waals surface area contributed by atoms with Crippen molar-refractivity contribution >= 4 is 150 Å². The summed E-state index contributed by atoms with van der Waals surface area (Å²) in [6, 6.07) is 11.7. The number of rotatable bonds is 7. The minimum absolute atomic E-state index is 0. The van der Waals surface area contributed by atoms with E-state index in [1.165, 1.54) is 33.3 Å². The number of ether oxygens (including phenoxy) is 2. The Bertz CT molecular complexity index is 2000. The van der Waals surface area contributed by atoms with E-state index < -0.39 is 26.1 Å². The Morgan fingerprint density at radius 1 is 0.774 bits per heavy atom. The quantitative estimate of drug-likeness (QED) is 0.117. The summed E-state index contributed by atoms with van der Waals surface area (Å²) in [5.41, 5.74) is 0. The van der Waals surface area contributed by atoms with Gasteiger partial charge in [0.1, 0.15) is 16.5 Å². The molecule has 0 spiro atoms. The van der Waals surface area contributed by atoms with Crippen molar-refractivity contribution in [3.63, 3.8) is 0 Å². The van der Waals surface area contributed by atoms with Gasteiger partial charge in [0, 0.05) is 28.9 Å². The van der Waals surface area contributed by atoms with Gasteiger partial charge in [0.05, 0.1) is 35.2 Å². The third kappa shape index (κ3) is 22.2. The number of benzene rings is 2. The molecule has 0 unspecified atom stereocenters. The molecule has 0 saturated carbocycles. The van der Waals surface area contributed by atoms with Gasteiger partial charge in [-0.3, -0.25) is 10.1 Å². The van der Waals surface area contributed by atoms with Gasteiger partial charge in [-0.25, -0.2) is 8.42 Å². The first-order valence-electron chi connectivity index (χ1n) is 12.8. The maximum absolute atomic E-state index is 12.1. The van der Waals surface area contributed by atoms with Crippen LogP contribution < -0.4 is 38.5 Å². The van der Waals surface area contributed by atoms with Crippen molar-refractivity contribution in [2.45, 2.75) is 30.6 Å². The molecular weight excluding hydrogens is 1420 g/mol. The Kier molecular flexibility index (Phi) is 29.9. The minimum atomic E-state index is -4.13. The fourth-order valence-electron chi connectivity index (χ4n) is 2.96. The molecule has 4 rings (SSSR count). The molecule has 2 aromatic carbocycles. The number of carbonyl (C=O) groups is 1. The average Bonchev–Trinajstić information content (AvgIpc) is 3.00. The van der Waals surface area contributed by atoms with Crippen LogP contribution in [0, 0.1) is 35.8 Å². The normalized spacial score (nSPS) is 10.3. The number of nitrogens with zero attached hydrogens (tertiary/aromatic N) is 7. The number of aromatic nitrogens is 6. The number of anilines is 2. The molecule has 53 heavy (non-hydrogen) atoms. The van der Waals surface area contributed by atoms with Crippen molar-refractivity contribution in [3.8, 4) is 12.0 Å². The number of hydrogen-bond acceptors (Lipinski definition) is 14. The van der Waals surface area contributed by atoms with Crippen LogP contribution in [-0.4, -0.2) is 72.9 Å². The fraction of sp³-hybridized carbons (Fsp3) is 0.185. The van der Waals surface area contributed by atoms with Gasteiger partial charge < -0.3 is 25.0 Å². The molecule has 0 radical (unpaired) electrons. The first-order valence-corrected chi connectivity index (χ1v) is 30.5. The van der Waals surface area contributed by atoms with Crippen molar-refractivity contribution in [3.05, 3.63) is 87.3 Å². The Balaban J connectivity index is -0.000000713. The van der Waals surface area contributed by atoms with Crippen LogP contribution in [0.15, 0.2) is 62.7 Å². The van der Waals surface area contributed by atoms with E-state index in [0.717, 1.165) is 0 Å². The van der Waals surface area contributed by atoms with E-state index in [0.29, 0.717) is 32.0 Å². The van der Waals surface area contributed by atoms with Gasteiger partial charge in [0.15, 0.2) is 0 Å². The van der Waals surface area contributed by atoms with Crippen LogP contribution >= 0.6 is 106 Å². The molecule has 294 valence electrons. The van der Waals surface area contributed by atoms with E-state index in [9.17, 15) is 26.7 Å². The molecule has 1 amide bonds. The third-order valence-corrected chi connectivity index (χ3v) is 9.64. The number of methoxy groups -OCH3 is 2. The van der Waals surface area contributed by atoms with Crippen molar-refractivity contribution in [1.29, 1.82) is 0 Å². The average molecular weight is 1450 g/mol. The summed E-state index contributed by atoms with van der Waals surface area (Å²) in [7, 11) is -5.12. The van der Waals surface area contributed by atoms with Crippen LogP contribution in [0.3, 0.4) is 0 Å². The van der Waals surface area contributed by atoms with E-state index >= 15 is 0 Å². The smallest absolute Gasteiger partial charge is 0.0997 e. The summed E-state index contributed by atoms with van der Waals surface area (Å²) < 4.78 is 59.6. The van der Waals surface area contributed by atoms with E-state index in [-0.39, 0.29) is 78.4 Å². The predicted octanol–water partition coefficient (Wildman–Crippen LogP) is 2.78. The van der Waals surface area contributed by atoms with Crippen LogP contribution in [0.1, 0.15) is 18.6 Å². The molecule has 0 saturated heterocycles. The number of hydrogen-bond donors (Lipinski definition) is 2. The first-order chi connectivity index (χ1) is 23.4. The van der Waals surface area contributed by atoms with Crippen LogP contribution in [0.2, 0.25) is 0 Å². The predicted molar refractivity (Wildman–Crippen MR) is 241 cm³/mol. The van der Waals surface area contributed by atoms with Gasteiger partial charge in [-0.05, 0) is 83.3 Å². The van der Waals surface area contributed by atoms with E-state index in [2.05, 4.69) is 82.2 Å². The molecule has 0 aliphatic rings. The second kappa shape index (κ2) is 28.2. The van der Waals surface area contributed by atoms with Gasteiger partial charge in [0.2, 0.25) is 17.8 Å². The molecule has 3 N–H and O–H groups in total. The van der Waals surface area contributed by atoms with E-state index in [1.54, 1.807) is 50.2 Å². The monoisotopic (exact) mass is 1450 g/mol. The van der Waals surface area contributed by atoms with Crippen molar-refractivity contribution < 1.29 is 49.5 Å². The number of carbonyl (C=O) groups excluding carboxylic acids is 1. The second-order valence-electron chi connectivity index (χ2n) is 8.48. The summed E-state index contributed by atoms with van der Waals surface area (Å²) >= 11 is 9.04. The number of aryl methyl sites for hydroxylation is 2. The topological polar surface area (TPSA) is 264 Å². The van der Waals surface area contributed by atoms with Crippen molar-refractivity contribution in [2.24, 2.45) is 4.40 Å². The maximum Gasteiger partial charge on any atom is 0.0997 e. The Labute approximate surface area is 383 Å². The molecule has 18 nitrogen and oxygen atoms in total. The zero-order valence-corrected chi connectivity index (χ0v) is 43.4. The fourth-order valence-corrected chi connectivity index (χ4v) is 6.95. The summed E-state index contributed by atoms with van der Waals surface area (Å²) in [6.45, 7) is 4.64. The zero-order valence-electron chi connectivity index (χ0n) is 28.6. The largest absolute Gasteiger partial charge is 0.560 e. The van der Waals surface area contributed by atoms with Gasteiger partial charge in [-0.15, -0.1) is 24.0 Å². The summed E-state index contributed by atoms with van der Waals surface area (Å²) in [6.07, 6.45) is 0. The molecule has 26 heteroatoms. The minimum Gasteiger partial charge on any atom is -0.560 e. The second-order valence-corrected chi connectivity index (χ2v) is 30.1. The number of nitrogens with one attached hydrogen (secondary N) is 3. The number of amidine groups is 1. The molecule has 0 atom stereocenters. The summed E-state index contributed by atoms with van der Waals surface area (Å²) in [4.78, 5) is 33.7. The molecule has 0 aliphatic heterocycles. The summed E-state index contributed by atoms with van der Waals surface area (Å²) in [5, 5.41) is 23.2. The van der Waals surface area contributed by atoms with Crippen LogP contribution in [0.25, 0.3) is 5.14 Å². The van der Waals surface area contributed by atoms with Gasteiger partial charge in [-0.2, -0.15) is 42.7 Å². The zero-order chi connectivity index (χ0) is 38.1. The standard InChI is InChI=1S/C12H12IN5O4S.C7H10N4O2.C6H5INO2S.2CH3.I3.HI/c1-7-14-10(17-12(15-7)22-2)16-11(19)18-23(20,21)9-6-4-3-5-8(9)13;1-4-8-6(10-5(2)12)11-7(9-4)13-3;7-5-3-1-2-4-6(5)11(8,9)10;;;1-3-2;/h3-6H,1-2H3,(H2,14,15,16,17,18,19);1-3H3,(H,8,9,10,11,12);1-4H,(H-,8,9,10);2*1H3;;1H/q;;-1;2*+1;-1;/p-1. The molecule has 4 aromatic rings. The van der Waals surface area contributed by atoms with Crippen LogP contribution in [0.5, 0.6) is 12.0 Å². The SMILES string of the molecule is COc1nc(C)nc(NC(C)=O)n1.COc1nc(C)nc(NC([O-])=NS(=O)(=O)c2ccccc2I)n1.I.I[I-]I.[CH3+].[CH3+].[NH-]S(=O)(=O)c1ccccc1I. The Hall–Kier alpha value is -1.22. The molecule has 0 bridgehead atoms. The maximum atomic E-state index is 12.1. The number of halogens is 6. The molecule has 2 heterocycles. The molecular formula is C27H33I6N10O8S2-. The van der Waals surface area contributed by atoms with Crippen molar-refractivity contribution in [2.75, 3.05) is 24.9 Å².